The average Bonchev–Trinajstić information content (AvgIpc) is 2.79. The molecule has 0 fully saturated rings. The van der Waals surface area contributed by atoms with Crippen molar-refractivity contribution >= 4 is 0 Å². The molecule has 0 bridgehead atoms. The van der Waals surface area contributed by atoms with E-state index in [0.717, 1.165) is 36.3 Å². The maximum absolute atomic E-state index is 5.28. The molecule has 4 nitrogen and oxygen atoms in total. The molecule has 1 N–H and O–H groups in total. The number of aromatic nitrogens is 2. The quantitative estimate of drug-likeness (QED) is 0.801. The van der Waals surface area contributed by atoms with Gasteiger partial charge in [-0.1, -0.05) is 23.4 Å². The lowest BCUT2D eigenvalue weighted by molar-refractivity contribution is 0.421. The van der Waals surface area contributed by atoms with Gasteiger partial charge in [-0.25, -0.2) is 0 Å². The second kappa shape index (κ2) is 5.59. The van der Waals surface area contributed by atoms with Gasteiger partial charge in [0.05, 0.1) is 0 Å². The summed E-state index contributed by atoms with van der Waals surface area (Å²) in [6.07, 6.45) is 1.86. The molecular formula is C13H17N3O. The molecule has 1 aromatic heterocycles. The highest BCUT2D eigenvalue weighted by molar-refractivity contribution is 5.57. The zero-order valence-corrected chi connectivity index (χ0v) is 10.2. The minimum absolute atomic E-state index is 0.613. The Balaban J connectivity index is 2.10. The minimum atomic E-state index is 0.613. The summed E-state index contributed by atoms with van der Waals surface area (Å²) in [6.45, 7) is 3.01. The molecule has 17 heavy (non-hydrogen) atoms. The number of hydrogen-bond acceptors (Lipinski definition) is 4. The van der Waals surface area contributed by atoms with Crippen LogP contribution in [-0.4, -0.2) is 23.7 Å². The van der Waals surface area contributed by atoms with E-state index in [1.165, 1.54) is 0 Å². The average molecular weight is 231 g/mol. The van der Waals surface area contributed by atoms with Gasteiger partial charge < -0.3 is 9.84 Å². The van der Waals surface area contributed by atoms with Gasteiger partial charge in [0.25, 0.3) is 5.89 Å². The van der Waals surface area contributed by atoms with Crippen LogP contribution in [0.2, 0.25) is 0 Å². The number of aryl methyl sites for hydroxylation is 2. The zero-order valence-electron chi connectivity index (χ0n) is 10.2. The molecule has 1 heterocycles. The van der Waals surface area contributed by atoms with Crippen molar-refractivity contribution in [1.29, 1.82) is 0 Å². The Bertz CT molecular complexity index is 479. The SMILES string of the molecule is CNCCCc1noc(-c2ccccc2C)n1. The third kappa shape index (κ3) is 2.91. The summed E-state index contributed by atoms with van der Waals surface area (Å²) in [6, 6.07) is 8.02. The predicted octanol–water partition coefficient (Wildman–Crippen LogP) is 2.20. The standard InChI is InChI=1S/C13H17N3O/c1-10-6-3-4-7-11(10)13-15-12(16-17-13)8-5-9-14-2/h3-4,6-7,14H,5,8-9H2,1-2H3. The summed E-state index contributed by atoms with van der Waals surface area (Å²) in [5.74, 6) is 1.39. The Morgan fingerprint density at radius 1 is 1.29 bits per heavy atom. The third-order valence-electron chi connectivity index (χ3n) is 2.67. The van der Waals surface area contributed by atoms with Gasteiger partial charge in [0.2, 0.25) is 0 Å². The first-order chi connectivity index (χ1) is 8.31. The van der Waals surface area contributed by atoms with Crippen LogP contribution in [0.4, 0.5) is 0 Å². The van der Waals surface area contributed by atoms with Crippen LogP contribution in [0.25, 0.3) is 11.5 Å². The molecule has 0 spiro atoms. The van der Waals surface area contributed by atoms with Crippen molar-refractivity contribution in [3.8, 4) is 11.5 Å². The van der Waals surface area contributed by atoms with E-state index in [9.17, 15) is 0 Å². The fourth-order valence-corrected chi connectivity index (χ4v) is 1.70. The molecule has 0 aliphatic heterocycles. The van der Waals surface area contributed by atoms with Gasteiger partial charge >= 0.3 is 0 Å². The Labute approximate surface area is 101 Å². The van der Waals surface area contributed by atoms with Crippen molar-refractivity contribution in [2.75, 3.05) is 13.6 Å². The van der Waals surface area contributed by atoms with Gasteiger partial charge in [0, 0.05) is 12.0 Å². The van der Waals surface area contributed by atoms with Gasteiger partial charge in [-0.15, -0.1) is 0 Å². The van der Waals surface area contributed by atoms with Crippen LogP contribution < -0.4 is 5.32 Å². The van der Waals surface area contributed by atoms with E-state index in [1.54, 1.807) is 0 Å². The fourth-order valence-electron chi connectivity index (χ4n) is 1.70. The normalized spacial score (nSPS) is 10.7. The summed E-state index contributed by atoms with van der Waals surface area (Å²) < 4.78 is 5.28. The molecule has 0 saturated carbocycles. The van der Waals surface area contributed by atoms with Crippen LogP contribution in [0, 0.1) is 6.92 Å². The number of hydrogen-bond donors (Lipinski definition) is 1. The molecular weight excluding hydrogens is 214 g/mol. The van der Waals surface area contributed by atoms with Crippen LogP contribution in [0.3, 0.4) is 0 Å². The first-order valence-corrected chi connectivity index (χ1v) is 5.84. The lowest BCUT2D eigenvalue weighted by atomic mass is 10.1. The summed E-state index contributed by atoms with van der Waals surface area (Å²) in [5.41, 5.74) is 2.16. The molecule has 0 unspecified atom stereocenters. The van der Waals surface area contributed by atoms with Gasteiger partial charge in [0.1, 0.15) is 0 Å². The maximum Gasteiger partial charge on any atom is 0.258 e. The molecule has 2 aromatic rings. The van der Waals surface area contributed by atoms with E-state index in [2.05, 4.69) is 15.5 Å². The summed E-state index contributed by atoms with van der Waals surface area (Å²) in [5, 5.41) is 7.09. The van der Waals surface area contributed by atoms with Crippen molar-refractivity contribution < 1.29 is 4.52 Å². The predicted molar refractivity (Wildman–Crippen MR) is 66.7 cm³/mol. The van der Waals surface area contributed by atoms with E-state index in [4.69, 9.17) is 4.52 Å². The first kappa shape index (κ1) is 11.8. The van der Waals surface area contributed by atoms with E-state index in [-0.39, 0.29) is 0 Å². The molecule has 0 amide bonds. The summed E-state index contributed by atoms with van der Waals surface area (Å²) in [7, 11) is 1.94. The van der Waals surface area contributed by atoms with E-state index in [1.807, 2.05) is 38.2 Å². The Hall–Kier alpha value is -1.68. The highest BCUT2D eigenvalue weighted by atomic mass is 16.5. The van der Waals surface area contributed by atoms with Crippen LogP contribution in [0.15, 0.2) is 28.8 Å². The Kier molecular flexibility index (Phi) is 3.88. The Morgan fingerprint density at radius 2 is 2.12 bits per heavy atom. The second-order valence-electron chi connectivity index (χ2n) is 4.04. The highest BCUT2D eigenvalue weighted by Crippen LogP contribution is 2.20. The summed E-state index contributed by atoms with van der Waals surface area (Å²) in [4.78, 5) is 4.41. The van der Waals surface area contributed by atoms with Crippen molar-refractivity contribution in [1.82, 2.24) is 15.5 Å². The monoisotopic (exact) mass is 231 g/mol. The highest BCUT2D eigenvalue weighted by Gasteiger charge is 2.09. The van der Waals surface area contributed by atoms with Gasteiger partial charge in [-0.3, -0.25) is 0 Å². The molecule has 2 rings (SSSR count). The molecule has 0 aliphatic rings. The van der Waals surface area contributed by atoms with Crippen LogP contribution >= 0.6 is 0 Å². The van der Waals surface area contributed by atoms with Crippen molar-refractivity contribution in [2.24, 2.45) is 0 Å². The Morgan fingerprint density at radius 3 is 2.88 bits per heavy atom. The molecule has 0 radical (unpaired) electrons. The molecule has 0 atom stereocenters. The van der Waals surface area contributed by atoms with E-state index in [0.29, 0.717) is 5.89 Å². The van der Waals surface area contributed by atoms with Crippen molar-refractivity contribution in [3.05, 3.63) is 35.7 Å². The molecule has 4 heteroatoms. The van der Waals surface area contributed by atoms with Crippen LogP contribution in [-0.2, 0) is 6.42 Å². The van der Waals surface area contributed by atoms with Crippen LogP contribution in [0.5, 0.6) is 0 Å². The van der Waals surface area contributed by atoms with Gasteiger partial charge in [-0.05, 0) is 38.6 Å². The van der Waals surface area contributed by atoms with Gasteiger partial charge in [0.15, 0.2) is 5.82 Å². The van der Waals surface area contributed by atoms with Gasteiger partial charge in [-0.2, -0.15) is 4.98 Å². The smallest absolute Gasteiger partial charge is 0.258 e. The first-order valence-electron chi connectivity index (χ1n) is 5.84. The molecule has 90 valence electrons. The zero-order chi connectivity index (χ0) is 12.1. The number of rotatable bonds is 5. The summed E-state index contributed by atoms with van der Waals surface area (Å²) >= 11 is 0. The largest absolute Gasteiger partial charge is 0.334 e. The molecule has 0 saturated heterocycles. The number of nitrogens with one attached hydrogen (secondary N) is 1. The topological polar surface area (TPSA) is 51.0 Å². The number of nitrogens with zero attached hydrogens (tertiary/aromatic N) is 2. The van der Waals surface area contributed by atoms with Crippen LogP contribution in [0.1, 0.15) is 17.8 Å². The molecule has 0 aliphatic carbocycles. The maximum atomic E-state index is 5.28. The van der Waals surface area contributed by atoms with E-state index >= 15 is 0 Å². The van der Waals surface area contributed by atoms with Crippen molar-refractivity contribution in [2.45, 2.75) is 19.8 Å². The van der Waals surface area contributed by atoms with Crippen molar-refractivity contribution in [3.63, 3.8) is 0 Å². The lowest BCUT2D eigenvalue weighted by Gasteiger charge is -1.97. The minimum Gasteiger partial charge on any atom is -0.334 e. The molecule has 1 aromatic carbocycles. The number of benzene rings is 1. The fraction of sp³-hybridized carbons (Fsp3) is 0.385. The lowest BCUT2D eigenvalue weighted by Crippen LogP contribution is -2.08. The second-order valence-corrected chi connectivity index (χ2v) is 4.04. The van der Waals surface area contributed by atoms with E-state index < -0.39 is 0 Å². The third-order valence-corrected chi connectivity index (χ3v) is 2.67.